The van der Waals surface area contributed by atoms with Crippen molar-refractivity contribution >= 4 is 0 Å². The van der Waals surface area contributed by atoms with Crippen LogP contribution in [0, 0.1) is 29.1 Å². The molecule has 16 heavy (non-hydrogen) atoms. The Morgan fingerprint density at radius 1 is 0.688 bits per heavy atom. The maximum absolute atomic E-state index is 13.3. The Bertz CT molecular complexity index is 367. The van der Waals surface area contributed by atoms with Crippen LogP contribution in [0.5, 0.6) is 0 Å². The van der Waals surface area contributed by atoms with E-state index in [0.29, 0.717) is 12.8 Å². The Kier molecular flexibility index (Phi) is 3.88. The van der Waals surface area contributed by atoms with E-state index in [1.165, 1.54) is 0 Å². The molecular weight excluding hydrogens is 227 g/mol. The zero-order chi connectivity index (χ0) is 12.5. The topological polar surface area (TPSA) is 0 Å². The van der Waals surface area contributed by atoms with Gasteiger partial charge in [-0.15, -0.1) is 0 Å². The summed E-state index contributed by atoms with van der Waals surface area (Å²) in [7, 11) is 0. The molecule has 0 radical (unpaired) electrons. The average molecular weight is 238 g/mol. The van der Waals surface area contributed by atoms with Crippen LogP contribution in [-0.4, -0.2) is 0 Å². The molecule has 0 fully saturated rings. The normalized spacial score (nSPS) is 11.2. The number of hydrogen-bond donors (Lipinski definition) is 0. The Balaban J connectivity index is 3.50. The zero-order valence-corrected chi connectivity index (χ0v) is 8.88. The van der Waals surface area contributed by atoms with Gasteiger partial charge in [0.1, 0.15) is 0 Å². The summed E-state index contributed by atoms with van der Waals surface area (Å²) in [6.07, 6.45) is 0.629. The average Bonchev–Trinajstić information content (AvgIpc) is 2.29. The van der Waals surface area contributed by atoms with Gasteiger partial charge in [-0.1, -0.05) is 13.8 Å². The minimum Gasteiger partial charge on any atom is -0.203 e. The molecule has 0 unspecified atom stereocenters. The molecule has 0 atom stereocenters. The van der Waals surface area contributed by atoms with Crippen LogP contribution in [0.15, 0.2) is 0 Å². The van der Waals surface area contributed by atoms with Gasteiger partial charge >= 0.3 is 0 Å². The lowest BCUT2D eigenvalue weighted by Gasteiger charge is -2.15. The molecule has 0 aliphatic carbocycles. The first-order valence-corrected chi connectivity index (χ1v) is 4.96. The van der Waals surface area contributed by atoms with E-state index in [1.807, 2.05) is 0 Å². The highest BCUT2D eigenvalue weighted by molar-refractivity contribution is 5.27. The number of halogens is 5. The molecule has 0 spiro atoms. The summed E-state index contributed by atoms with van der Waals surface area (Å²) in [5.74, 6) is -9.95. The SMILES string of the molecule is CCC(CC)c1c(F)c(F)c(F)c(F)c1F. The van der Waals surface area contributed by atoms with Crippen LogP contribution in [0.1, 0.15) is 38.2 Å². The maximum Gasteiger partial charge on any atom is 0.200 e. The first-order chi connectivity index (χ1) is 7.45. The predicted octanol–water partition coefficient (Wildman–Crippen LogP) is 4.29. The van der Waals surface area contributed by atoms with Gasteiger partial charge in [-0.25, -0.2) is 22.0 Å². The van der Waals surface area contributed by atoms with Crippen molar-refractivity contribution in [1.29, 1.82) is 0 Å². The molecule has 0 aromatic heterocycles. The van der Waals surface area contributed by atoms with Gasteiger partial charge in [-0.2, -0.15) is 0 Å². The lowest BCUT2D eigenvalue weighted by molar-refractivity contribution is 0.361. The molecule has 90 valence electrons. The van der Waals surface area contributed by atoms with Crippen molar-refractivity contribution in [2.75, 3.05) is 0 Å². The molecule has 1 aromatic carbocycles. The fourth-order valence-corrected chi connectivity index (χ4v) is 1.68. The van der Waals surface area contributed by atoms with Crippen LogP contribution in [0.3, 0.4) is 0 Å². The van der Waals surface area contributed by atoms with Gasteiger partial charge in [0.2, 0.25) is 5.82 Å². The molecule has 0 aliphatic rings. The van der Waals surface area contributed by atoms with Crippen LogP contribution >= 0.6 is 0 Å². The fourth-order valence-electron chi connectivity index (χ4n) is 1.68. The van der Waals surface area contributed by atoms with Crippen LogP contribution in [0.25, 0.3) is 0 Å². The molecule has 0 amide bonds. The van der Waals surface area contributed by atoms with Gasteiger partial charge in [0, 0.05) is 5.56 Å². The number of hydrogen-bond acceptors (Lipinski definition) is 0. The third kappa shape index (κ3) is 1.90. The largest absolute Gasteiger partial charge is 0.203 e. The zero-order valence-electron chi connectivity index (χ0n) is 8.88. The molecule has 0 bridgehead atoms. The van der Waals surface area contributed by atoms with E-state index in [4.69, 9.17) is 0 Å². The van der Waals surface area contributed by atoms with E-state index >= 15 is 0 Å². The number of rotatable bonds is 3. The lowest BCUT2D eigenvalue weighted by atomic mass is 9.92. The van der Waals surface area contributed by atoms with Crippen molar-refractivity contribution in [3.8, 4) is 0 Å². The van der Waals surface area contributed by atoms with Crippen molar-refractivity contribution in [2.45, 2.75) is 32.6 Å². The van der Waals surface area contributed by atoms with Crippen LogP contribution in [-0.2, 0) is 0 Å². The Hall–Kier alpha value is -1.13. The van der Waals surface area contributed by atoms with Gasteiger partial charge in [0.05, 0.1) is 0 Å². The van der Waals surface area contributed by atoms with Gasteiger partial charge in [0.25, 0.3) is 0 Å². The second-order valence-corrected chi connectivity index (χ2v) is 3.50. The van der Waals surface area contributed by atoms with Gasteiger partial charge in [0.15, 0.2) is 23.3 Å². The van der Waals surface area contributed by atoms with E-state index in [9.17, 15) is 22.0 Å². The molecular formula is C11H11F5. The number of benzene rings is 1. The highest BCUT2D eigenvalue weighted by atomic mass is 19.2. The first-order valence-electron chi connectivity index (χ1n) is 4.96. The standard InChI is InChI=1S/C11H11F5/c1-3-5(4-2)6-7(12)9(14)11(16)10(15)8(6)13/h5H,3-4H2,1-2H3. The lowest BCUT2D eigenvalue weighted by Crippen LogP contribution is -2.10. The summed E-state index contributed by atoms with van der Waals surface area (Å²) in [4.78, 5) is 0. The van der Waals surface area contributed by atoms with Crippen molar-refractivity contribution in [3.05, 3.63) is 34.6 Å². The highest BCUT2D eigenvalue weighted by Crippen LogP contribution is 2.32. The van der Waals surface area contributed by atoms with E-state index in [2.05, 4.69) is 0 Å². The molecule has 0 heterocycles. The van der Waals surface area contributed by atoms with E-state index in [0.717, 1.165) is 0 Å². The third-order valence-corrected chi connectivity index (χ3v) is 2.64. The summed E-state index contributed by atoms with van der Waals surface area (Å²) in [6.45, 7) is 3.26. The highest BCUT2D eigenvalue weighted by Gasteiger charge is 2.28. The third-order valence-electron chi connectivity index (χ3n) is 2.64. The van der Waals surface area contributed by atoms with Crippen molar-refractivity contribution in [1.82, 2.24) is 0 Å². The molecule has 0 saturated heterocycles. The predicted molar refractivity (Wildman–Crippen MR) is 49.6 cm³/mol. The Morgan fingerprint density at radius 3 is 1.31 bits per heavy atom. The van der Waals surface area contributed by atoms with Gasteiger partial charge < -0.3 is 0 Å². The molecule has 1 rings (SSSR count). The van der Waals surface area contributed by atoms with Crippen LogP contribution in [0.2, 0.25) is 0 Å². The van der Waals surface area contributed by atoms with Crippen molar-refractivity contribution in [2.24, 2.45) is 0 Å². The van der Waals surface area contributed by atoms with Gasteiger partial charge in [-0.3, -0.25) is 0 Å². The van der Waals surface area contributed by atoms with Crippen LogP contribution in [0.4, 0.5) is 22.0 Å². The molecule has 0 N–H and O–H groups in total. The van der Waals surface area contributed by atoms with E-state index in [1.54, 1.807) is 13.8 Å². The molecule has 0 saturated carbocycles. The minimum atomic E-state index is -2.11. The molecule has 1 aromatic rings. The summed E-state index contributed by atoms with van der Waals surface area (Å²) in [5, 5.41) is 0. The van der Waals surface area contributed by atoms with E-state index in [-0.39, 0.29) is 0 Å². The Morgan fingerprint density at radius 2 is 1.00 bits per heavy atom. The minimum absolute atomic E-state index is 0.314. The van der Waals surface area contributed by atoms with Crippen LogP contribution < -0.4 is 0 Å². The second-order valence-electron chi connectivity index (χ2n) is 3.50. The summed E-state index contributed by atoms with van der Waals surface area (Å²) >= 11 is 0. The Labute approximate surface area is 90.1 Å². The quantitative estimate of drug-likeness (QED) is 0.418. The summed E-state index contributed by atoms with van der Waals surface area (Å²) < 4.78 is 65.1. The second kappa shape index (κ2) is 4.80. The van der Waals surface area contributed by atoms with E-state index < -0.39 is 40.6 Å². The fraction of sp³-hybridized carbons (Fsp3) is 0.455. The smallest absolute Gasteiger partial charge is 0.200 e. The molecule has 0 nitrogen and oxygen atoms in total. The van der Waals surface area contributed by atoms with Crippen molar-refractivity contribution < 1.29 is 22.0 Å². The van der Waals surface area contributed by atoms with Crippen molar-refractivity contribution in [3.63, 3.8) is 0 Å². The first kappa shape index (κ1) is 12.9. The summed E-state index contributed by atoms with van der Waals surface area (Å²) in [5.41, 5.74) is -0.707. The molecule has 0 aliphatic heterocycles. The summed E-state index contributed by atoms with van der Waals surface area (Å²) in [6, 6.07) is 0. The monoisotopic (exact) mass is 238 g/mol. The molecule has 5 heteroatoms. The maximum atomic E-state index is 13.3. The van der Waals surface area contributed by atoms with Gasteiger partial charge in [-0.05, 0) is 18.8 Å².